The molecule has 1 aliphatic heterocycles. The Bertz CT molecular complexity index is 742. The van der Waals surface area contributed by atoms with Crippen LogP contribution in [0, 0.1) is 22.7 Å². The average Bonchev–Trinajstić information content (AvgIpc) is 2.45. The number of hydrogen-bond donors (Lipinski definition) is 2. The summed E-state index contributed by atoms with van der Waals surface area (Å²) in [5.41, 5.74) is -1.95. The number of halogens is 3. The van der Waals surface area contributed by atoms with Gasteiger partial charge in [0.25, 0.3) is 5.91 Å². The predicted octanol–water partition coefficient (Wildman–Crippen LogP) is 1.76. The predicted molar refractivity (Wildman–Crippen MR) is 67.7 cm³/mol. The van der Waals surface area contributed by atoms with Crippen molar-refractivity contribution >= 4 is 17.7 Å². The van der Waals surface area contributed by atoms with Crippen molar-refractivity contribution in [3.8, 4) is 6.07 Å². The highest BCUT2D eigenvalue weighted by Crippen LogP contribution is 2.41. The first-order valence-corrected chi connectivity index (χ1v) is 6.01. The van der Waals surface area contributed by atoms with Crippen molar-refractivity contribution in [3.63, 3.8) is 0 Å². The number of benzene rings is 1. The Kier molecular flexibility index (Phi) is 3.85. The maximum Gasteiger partial charge on any atom is 0.416 e. The zero-order valence-corrected chi connectivity index (χ0v) is 10.9. The lowest BCUT2D eigenvalue weighted by Gasteiger charge is -2.28. The van der Waals surface area contributed by atoms with Crippen molar-refractivity contribution in [1.82, 2.24) is 5.32 Å². The molecule has 0 aliphatic carbocycles. The lowest BCUT2D eigenvalue weighted by molar-refractivity contribution is -0.140. The molecular formula is C14H8F3N3O2. The van der Waals surface area contributed by atoms with Gasteiger partial charge < -0.3 is 0 Å². The van der Waals surface area contributed by atoms with E-state index in [4.69, 9.17) is 10.7 Å². The van der Waals surface area contributed by atoms with Crippen LogP contribution >= 0.6 is 0 Å². The summed E-state index contributed by atoms with van der Waals surface area (Å²) in [6.07, 6.45) is -4.72. The molecular weight excluding hydrogens is 299 g/mol. The van der Waals surface area contributed by atoms with Gasteiger partial charge in [-0.15, -0.1) is 0 Å². The number of carbonyl (C=O) groups is 2. The first kappa shape index (κ1) is 15.5. The van der Waals surface area contributed by atoms with Crippen LogP contribution in [0.15, 0.2) is 29.8 Å². The molecule has 1 heterocycles. The number of amides is 2. The fourth-order valence-electron chi connectivity index (χ4n) is 2.35. The summed E-state index contributed by atoms with van der Waals surface area (Å²) in [6.45, 7) is 0. The molecule has 5 nitrogen and oxygen atoms in total. The van der Waals surface area contributed by atoms with Crippen LogP contribution in [0.2, 0.25) is 0 Å². The maximum absolute atomic E-state index is 13.1. The maximum atomic E-state index is 13.1. The molecule has 112 valence electrons. The second-order valence-electron chi connectivity index (χ2n) is 4.53. The van der Waals surface area contributed by atoms with Crippen molar-refractivity contribution in [2.45, 2.75) is 12.1 Å². The normalized spacial score (nSPS) is 21.8. The van der Waals surface area contributed by atoms with Crippen LogP contribution in [0.4, 0.5) is 13.2 Å². The molecule has 1 saturated heterocycles. The van der Waals surface area contributed by atoms with Gasteiger partial charge in [-0.05, 0) is 17.5 Å². The fourth-order valence-corrected chi connectivity index (χ4v) is 2.35. The number of piperidine rings is 1. The molecule has 0 radical (unpaired) electrons. The fraction of sp³-hybridized carbons (Fsp3) is 0.214. The van der Waals surface area contributed by atoms with Gasteiger partial charge >= 0.3 is 6.18 Å². The van der Waals surface area contributed by atoms with Crippen LogP contribution in [-0.4, -0.2) is 17.7 Å². The zero-order valence-electron chi connectivity index (χ0n) is 10.9. The summed E-state index contributed by atoms with van der Waals surface area (Å²) < 4.78 is 39.3. The number of hydrogen-bond acceptors (Lipinski definition) is 4. The van der Waals surface area contributed by atoms with Crippen molar-refractivity contribution in [3.05, 3.63) is 41.0 Å². The summed E-state index contributed by atoms with van der Waals surface area (Å²) in [7, 11) is 0. The summed E-state index contributed by atoms with van der Waals surface area (Å²) >= 11 is 0. The molecule has 1 fully saturated rings. The smallest absolute Gasteiger partial charge is 0.291 e. The average molecular weight is 307 g/mol. The van der Waals surface area contributed by atoms with E-state index in [0.29, 0.717) is 0 Å². The second-order valence-corrected chi connectivity index (χ2v) is 4.53. The van der Waals surface area contributed by atoms with Crippen LogP contribution in [0.3, 0.4) is 0 Å². The Balaban J connectivity index is 2.72. The Hall–Kier alpha value is -2.91. The van der Waals surface area contributed by atoms with Gasteiger partial charge in [-0.25, -0.2) is 0 Å². The van der Waals surface area contributed by atoms with Crippen molar-refractivity contribution in [2.75, 3.05) is 0 Å². The van der Waals surface area contributed by atoms with E-state index in [0.717, 1.165) is 18.2 Å². The molecule has 0 spiro atoms. The quantitative estimate of drug-likeness (QED) is 0.470. The van der Waals surface area contributed by atoms with E-state index in [-0.39, 0.29) is 0 Å². The minimum Gasteiger partial charge on any atom is -0.291 e. The Morgan fingerprint density at radius 1 is 1.23 bits per heavy atom. The highest BCUT2D eigenvalue weighted by atomic mass is 19.4. The number of imide groups is 1. The van der Waals surface area contributed by atoms with Crippen LogP contribution in [0.1, 0.15) is 17.0 Å². The molecule has 2 rings (SSSR count). The Labute approximate surface area is 122 Å². The molecule has 2 unspecified atom stereocenters. The van der Waals surface area contributed by atoms with Crippen LogP contribution in [0.25, 0.3) is 0 Å². The van der Waals surface area contributed by atoms with Gasteiger partial charge in [0.05, 0.1) is 17.2 Å². The number of nitriles is 1. The van der Waals surface area contributed by atoms with E-state index in [1.54, 1.807) is 11.9 Å². The molecule has 0 bridgehead atoms. The summed E-state index contributed by atoms with van der Waals surface area (Å²) in [5, 5.41) is 18.0. The molecule has 1 aromatic rings. The third-order valence-electron chi connectivity index (χ3n) is 3.28. The van der Waals surface area contributed by atoms with Crippen LogP contribution in [0.5, 0.6) is 0 Å². The first-order valence-electron chi connectivity index (χ1n) is 6.01. The summed E-state index contributed by atoms with van der Waals surface area (Å²) in [5.74, 6) is -3.29. The van der Waals surface area contributed by atoms with E-state index in [1.165, 1.54) is 6.07 Å². The van der Waals surface area contributed by atoms with E-state index in [1.807, 2.05) is 5.32 Å². The highest BCUT2D eigenvalue weighted by molar-refractivity contribution is 6.14. The van der Waals surface area contributed by atoms with Crippen LogP contribution < -0.4 is 5.32 Å². The minimum atomic E-state index is -4.72. The monoisotopic (exact) mass is 307 g/mol. The zero-order chi connectivity index (χ0) is 16.5. The van der Waals surface area contributed by atoms with Gasteiger partial charge in [0.1, 0.15) is 5.92 Å². The topological polar surface area (TPSA) is 93.8 Å². The Morgan fingerprint density at radius 3 is 2.41 bits per heavy atom. The van der Waals surface area contributed by atoms with E-state index in [2.05, 4.69) is 0 Å². The van der Waals surface area contributed by atoms with E-state index in [9.17, 15) is 22.8 Å². The van der Waals surface area contributed by atoms with Crippen molar-refractivity contribution in [2.24, 2.45) is 5.92 Å². The third kappa shape index (κ3) is 2.50. The van der Waals surface area contributed by atoms with Crippen LogP contribution in [-0.2, 0) is 15.8 Å². The SMILES string of the molecule is N#CC1C(=O)NC(=O)C(=C=N)C1c1ccccc1C(F)(F)F. The van der Waals surface area contributed by atoms with Crippen molar-refractivity contribution < 1.29 is 22.8 Å². The minimum absolute atomic E-state index is 0.403. The highest BCUT2D eigenvalue weighted by Gasteiger charge is 2.45. The molecule has 22 heavy (non-hydrogen) atoms. The van der Waals surface area contributed by atoms with Gasteiger partial charge in [0.15, 0.2) is 0 Å². The number of nitrogens with zero attached hydrogens (tertiary/aromatic N) is 1. The van der Waals surface area contributed by atoms with Crippen molar-refractivity contribution in [1.29, 1.82) is 10.7 Å². The molecule has 0 saturated carbocycles. The lowest BCUT2D eigenvalue weighted by atomic mass is 9.76. The molecule has 0 aromatic heterocycles. The number of rotatable bonds is 1. The number of alkyl halides is 3. The number of nitrogens with one attached hydrogen (secondary N) is 2. The molecule has 2 atom stereocenters. The molecule has 1 aromatic carbocycles. The molecule has 1 aliphatic rings. The Morgan fingerprint density at radius 2 is 1.86 bits per heavy atom. The summed E-state index contributed by atoms with van der Waals surface area (Å²) in [4.78, 5) is 23.4. The standard InChI is InChI=1S/C14H8F3N3O2/c15-14(16,17)10-4-2-1-3-7(10)11-8(5-18)12(21)20-13(22)9(11)6-19/h1-4,8,11,19H,(H,20,21,22). The second kappa shape index (κ2) is 5.47. The van der Waals surface area contributed by atoms with Gasteiger partial charge in [-0.3, -0.25) is 20.3 Å². The van der Waals surface area contributed by atoms with Gasteiger partial charge in [0.2, 0.25) is 5.91 Å². The van der Waals surface area contributed by atoms with Gasteiger partial charge in [-0.2, -0.15) is 18.4 Å². The first-order chi connectivity index (χ1) is 10.3. The largest absolute Gasteiger partial charge is 0.416 e. The van der Waals surface area contributed by atoms with E-state index >= 15 is 0 Å². The van der Waals surface area contributed by atoms with Gasteiger partial charge in [-0.1, -0.05) is 18.2 Å². The molecule has 2 amide bonds. The lowest BCUT2D eigenvalue weighted by Crippen LogP contribution is -2.46. The number of carbonyl (C=O) groups excluding carboxylic acids is 2. The third-order valence-corrected chi connectivity index (χ3v) is 3.28. The van der Waals surface area contributed by atoms with E-state index < -0.39 is 46.5 Å². The summed E-state index contributed by atoms with van der Waals surface area (Å²) in [6, 6.07) is 5.93. The van der Waals surface area contributed by atoms with Gasteiger partial charge in [0, 0.05) is 5.92 Å². The molecule has 2 N–H and O–H groups in total. The molecule has 8 heteroatoms.